The van der Waals surface area contributed by atoms with Gasteiger partial charge in [-0.2, -0.15) is 0 Å². The quantitative estimate of drug-likeness (QED) is 0.724. The van der Waals surface area contributed by atoms with Gasteiger partial charge in [0.2, 0.25) is 5.91 Å². The molecule has 1 N–H and O–H groups in total. The summed E-state index contributed by atoms with van der Waals surface area (Å²) in [5.41, 5.74) is 1.29. The maximum Gasteiger partial charge on any atom is 0.223 e. The molecule has 2 atom stereocenters. The van der Waals surface area contributed by atoms with E-state index >= 15 is 0 Å². The van der Waals surface area contributed by atoms with Crippen LogP contribution in [0.3, 0.4) is 0 Å². The van der Waals surface area contributed by atoms with Crippen LogP contribution in [0, 0.1) is 5.92 Å². The molecule has 1 aromatic carbocycles. The molecule has 0 spiro atoms. The van der Waals surface area contributed by atoms with E-state index < -0.39 is 0 Å². The Hall–Kier alpha value is -2.07. The first-order valence-electron chi connectivity index (χ1n) is 8.27. The fourth-order valence-electron chi connectivity index (χ4n) is 2.76. The van der Waals surface area contributed by atoms with Gasteiger partial charge in [0.1, 0.15) is 5.76 Å². The molecule has 1 saturated carbocycles. The zero-order chi connectivity index (χ0) is 15.9. The molecule has 0 saturated heterocycles. The van der Waals surface area contributed by atoms with Crippen molar-refractivity contribution in [1.29, 1.82) is 0 Å². The summed E-state index contributed by atoms with van der Waals surface area (Å²) in [7, 11) is 0. The molecule has 0 radical (unpaired) electrons. The lowest BCUT2D eigenvalue weighted by molar-refractivity contribution is -0.122. The summed E-state index contributed by atoms with van der Waals surface area (Å²) in [5.74, 6) is 1.41. The second-order valence-corrected chi connectivity index (χ2v) is 5.96. The molecule has 1 amide bonds. The first-order chi connectivity index (χ1) is 11.3. The summed E-state index contributed by atoms with van der Waals surface area (Å²) < 4.78 is 11.0. The zero-order valence-corrected chi connectivity index (χ0v) is 13.2. The Balaban J connectivity index is 1.22. The molecule has 23 heavy (non-hydrogen) atoms. The Bertz CT molecular complexity index is 594. The smallest absolute Gasteiger partial charge is 0.223 e. The van der Waals surface area contributed by atoms with Gasteiger partial charge in [-0.25, -0.2) is 0 Å². The molecule has 2 unspecified atom stereocenters. The monoisotopic (exact) mass is 313 g/mol. The number of furan rings is 1. The number of hydrogen-bond acceptors (Lipinski definition) is 3. The van der Waals surface area contributed by atoms with Crippen LogP contribution < -0.4 is 5.32 Å². The lowest BCUT2D eigenvalue weighted by Crippen LogP contribution is -2.27. The molecular formula is C19H23NO3. The largest absolute Gasteiger partial charge is 0.469 e. The molecule has 3 rings (SSSR count). The van der Waals surface area contributed by atoms with Gasteiger partial charge in [-0.1, -0.05) is 30.3 Å². The molecule has 2 aromatic rings. The molecule has 1 heterocycles. The van der Waals surface area contributed by atoms with E-state index in [1.807, 2.05) is 30.3 Å². The fourth-order valence-corrected chi connectivity index (χ4v) is 2.76. The first kappa shape index (κ1) is 15.8. The Labute approximate surface area is 136 Å². The molecule has 1 aliphatic carbocycles. The molecule has 122 valence electrons. The third-order valence-corrected chi connectivity index (χ3v) is 4.18. The van der Waals surface area contributed by atoms with E-state index in [1.165, 1.54) is 5.56 Å². The van der Waals surface area contributed by atoms with Gasteiger partial charge in [-0.05, 0) is 37.0 Å². The topological polar surface area (TPSA) is 51.5 Å². The van der Waals surface area contributed by atoms with Gasteiger partial charge in [0.25, 0.3) is 0 Å². The van der Waals surface area contributed by atoms with Gasteiger partial charge in [-0.15, -0.1) is 0 Å². The van der Waals surface area contributed by atoms with Crippen LogP contribution >= 0.6 is 0 Å². The minimum atomic E-state index is 0.0835. The van der Waals surface area contributed by atoms with Crippen LogP contribution in [0.5, 0.6) is 0 Å². The number of ether oxygens (including phenoxy) is 1. The highest BCUT2D eigenvalue weighted by molar-refractivity contribution is 5.82. The highest BCUT2D eigenvalue weighted by Crippen LogP contribution is 2.47. The van der Waals surface area contributed by atoms with Crippen molar-refractivity contribution in [2.45, 2.75) is 25.2 Å². The second kappa shape index (κ2) is 7.97. The Morgan fingerprint density at radius 1 is 1.17 bits per heavy atom. The van der Waals surface area contributed by atoms with Crippen molar-refractivity contribution < 1.29 is 13.9 Å². The molecule has 4 nitrogen and oxygen atoms in total. The van der Waals surface area contributed by atoms with Crippen LogP contribution in [-0.4, -0.2) is 25.7 Å². The van der Waals surface area contributed by atoms with Crippen molar-refractivity contribution in [3.8, 4) is 0 Å². The number of carbonyl (C=O) groups excluding carboxylic acids is 1. The van der Waals surface area contributed by atoms with Crippen LogP contribution in [0.1, 0.15) is 30.1 Å². The Kier molecular flexibility index (Phi) is 5.48. The number of amides is 1. The maximum atomic E-state index is 12.0. The van der Waals surface area contributed by atoms with E-state index in [4.69, 9.17) is 9.15 Å². The van der Waals surface area contributed by atoms with Crippen LogP contribution in [0.4, 0.5) is 0 Å². The highest BCUT2D eigenvalue weighted by atomic mass is 16.5. The molecule has 0 bridgehead atoms. The average molecular weight is 313 g/mol. The van der Waals surface area contributed by atoms with E-state index in [1.54, 1.807) is 6.26 Å². The summed E-state index contributed by atoms with van der Waals surface area (Å²) in [5, 5.41) is 2.98. The van der Waals surface area contributed by atoms with E-state index in [0.717, 1.165) is 31.6 Å². The summed E-state index contributed by atoms with van der Waals surface area (Å²) in [6.45, 7) is 2.08. The molecule has 1 fully saturated rings. The standard InChI is InChI=1S/C19H23NO3/c21-19(17-14-16(17)18-8-4-12-23-18)20-10-5-11-22-13-9-15-6-2-1-3-7-15/h1-4,6-8,12,16-17H,5,9-11,13-14H2,(H,20,21). The summed E-state index contributed by atoms with van der Waals surface area (Å²) >= 11 is 0. The van der Waals surface area contributed by atoms with Gasteiger partial charge in [0.15, 0.2) is 0 Å². The van der Waals surface area contributed by atoms with Crippen LogP contribution in [-0.2, 0) is 16.0 Å². The van der Waals surface area contributed by atoms with Crippen molar-refractivity contribution in [2.24, 2.45) is 5.92 Å². The van der Waals surface area contributed by atoms with E-state index in [2.05, 4.69) is 17.4 Å². The lowest BCUT2D eigenvalue weighted by atomic mass is 10.2. The first-order valence-corrected chi connectivity index (χ1v) is 8.27. The molecule has 1 aliphatic rings. The van der Waals surface area contributed by atoms with Crippen LogP contribution in [0.25, 0.3) is 0 Å². The minimum absolute atomic E-state index is 0.0835. The van der Waals surface area contributed by atoms with Gasteiger partial charge in [0.05, 0.1) is 12.9 Å². The predicted molar refractivity (Wildman–Crippen MR) is 88.1 cm³/mol. The van der Waals surface area contributed by atoms with E-state index in [-0.39, 0.29) is 17.7 Å². The highest BCUT2D eigenvalue weighted by Gasteiger charge is 2.45. The number of carbonyl (C=O) groups is 1. The van der Waals surface area contributed by atoms with Crippen molar-refractivity contribution in [2.75, 3.05) is 19.8 Å². The van der Waals surface area contributed by atoms with Gasteiger partial charge in [0, 0.05) is 25.0 Å². The van der Waals surface area contributed by atoms with Crippen molar-refractivity contribution >= 4 is 5.91 Å². The average Bonchev–Trinajstić information content (AvgIpc) is 3.20. The Morgan fingerprint density at radius 2 is 2.04 bits per heavy atom. The molecule has 4 heteroatoms. The zero-order valence-electron chi connectivity index (χ0n) is 13.2. The predicted octanol–water partition coefficient (Wildman–Crippen LogP) is 3.15. The second-order valence-electron chi connectivity index (χ2n) is 5.96. The van der Waals surface area contributed by atoms with Gasteiger partial charge >= 0.3 is 0 Å². The SMILES string of the molecule is O=C(NCCCOCCc1ccccc1)C1CC1c1ccco1. The van der Waals surface area contributed by atoms with E-state index in [9.17, 15) is 4.79 Å². The third kappa shape index (κ3) is 4.70. The molecule has 1 aromatic heterocycles. The fraction of sp³-hybridized carbons (Fsp3) is 0.421. The molecule has 0 aliphatic heterocycles. The summed E-state index contributed by atoms with van der Waals surface area (Å²) in [6, 6.07) is 14.1. The number of benzene rings is 1. The normalized spacial score (nSPS) is 19.5. The Morgan fingerprint density at radius 3 is 2.83 bits per heavy atom. The van der Waals surface area contributed by atoms with Crippen LogP contribution in [0.2, 0.25) is 0 Å². The molecular weight excluding hydrogens is 290 g/mol. The number of hydrogen-bond donors (Lipinski definition) is 1. The van der Waals surface area contributed by atoms with Crippen molar-refractivity contribution in [1.82, 2.24) is 5.32 Å². The summed E-state index contributed by atoms with van der Waals surface area (Å²) in [4.78, 5) is 12.0. The van der Waals surface area contributed by atoms with Crippen molar-refractivity contribution in [3.05, 3.63) is 60.1 Å². The van der Waals surface area contributed by atoms with Crippen molar-refractivity contribution in [3.63, 3.8) is 0 Å². The lowest BCUT2D eigenvalue weighted by Gasteiger charge is -2.06. The van der Waals surface area contributed by atoms with E-state index in [0.29, 0.717) is 13.2 Å². The van der Waals surface area contributed by atoms with Crippen LogP contribution in [0.15, 0.2) is 53.1 Å². The van der Waals surface area contributed by atoms with Gasteiger partial charge < -0.3 is 14.5 Å². The third-order valence-electron chi connectivity index (χ3n) is 4.18. The summed E-state index contributed by atoms with van der Waals surface area (Å²) in [6.07, 6.45) is 4.33. The minimum Gasteiger partial charge on any atom is -0.469 e. The van der Waals surface area contributed by atoms with Gasteiger partial charge in [-0.3, -0.25) is 4.79 Å². The maximum absolute atomic E-state index is 12.0. The number of nitrogens with one attached hydrogen (secondary N) is 1. The number of rotatable bonds is 9.